The molecule has 166 valence electrons. The lowest BCUT2D eigenvalue weighted by Crippen LogP contribution is -2.41. The molecule has 3 aromatic rings. The molecule has 3 aliphatic heterocycles. The number of carbonyl (C=O) groups excluding carboxylic acids is 2. The Morgan fingerprint density at radius 3 is 2.52 bits per heavy atom. The number of pyridine rings is 2. The van der Waals surface area contributed by atoms with Gasteiger partial charge >= 0.3 is 6.09 Å². The SMILES string of the molecule is O=C1CCCN1c1ccc(-c2ccc(Nc3cnc4c(c3)N3C(=O)OC[C@H]3CO4)nc2)cc1. The number of nitrogens with zero attached hydrogens (tertiary/aromatic N) is 4. The van der Waals surface area contributed by atoms with Gasteiger partial charge in [-0.3, -0.25) is 9.69 Å². The minimum absolute atomic E-state index is 0.130. The van der Waals surface area contributed by atoms with E-state index in [2.05, 4.69) is 15.3 Å². The highest BCUT2D eigenvalue weighted by Gasteiger charge is 2.40. The monoisotopic (exact) mass is 443 g/mol. The molecule has 5 heterocycles. The number of nitrogens with one attached hydrogen (secondary N) is 1. The van der Waals surface area contributed by atoms with Crippen LogP contribution in [0.1, 0.15) is 12.8 Å². The van der Waals surface area contributed by atoms with Gasteiger partial charge in [-0.1, -0.05) is 12.1 Å². The van der Waals surface area contributed by atoms with Crippen LogP contribution in [0.5, 0.6) is 5.88 Å². The molecule has 9 heteroatoms. The molecule has 0 radical (unpaired) electrons. The number of benzene rings is 1. The summed E-state index contributed by atoms with van der Waals surface area (Å²) in [7, 11) is 0. The largest absolute Gasteiger partial charge is 0.474 e. The highest BCUT2D eigenvalue weighted by Crippen LogP contribution is 2.37. The average Bonchev–Trinajstić information content (AvgIpc) is 3.45. The summed E-state index contributed by atoms with van der Waals surface area (Å²) in [6.07, 6.45) is 4.59. The zero-order valence-electron chi connectivity index (χ0n) is 17.7. The van der Waals surface area contributed by atoms with Crippen LogP contribution in [0, 0.1) is 0 Å². The maximum absolute atomic E-state index is 12.1. The van der Waals surface area contributed by atoms with Crippen molar-refractivity contribution in [2.24, 2.45) is 0 Å². The van der Waals surface area contributed by atoms with Gasteiger partial charge in [-0.05, 0) is 42.3 Å². The van der Waals surface area contributed by atoms with Crippen LogP contribution < -0.4 is 19.9 Å². The zero-order valence-corrected chi connectivity index (χ0v) is 17.7. The first-order valence-corrected chi connectivity index (χ1v) is 10.9. The molecule has 1 atom stereocenters. The summed E-state index contributed by atoms with van der Waals surface area (Å²) < 4.78 is 10.8. The number of ether oxygens (including phenoxy) is 2. The van der Waals surface area contributed by atoms with Gasteiger partial charge in [-0.25, -0.2) is 14.8 Å². The Kier molecular flexibility index (Phi) is 4.60. The van der Waals surface area contributed by atoms with Gasteiger partial charge in [-0.15, -0.1) is 0 Å². The van der Waals surface area contributed by atoms with Crippen LogP contribution in [0.2, 0.25) is 0 Å². The zero-order chi connectivity index (χ0) is 22.4. The molecule has 0 saturated carbocycles. The maximum Gasteiger partial charge on any atom is 0.415 e. The van der Waals surface area contributed by atoms with E-state index < -0.39 is 0 Å². The molecule has 1 N–H and O–H groups in total. The molecular weight excluding hydrogens is 422 g/mol. The standard InChI is InChI=1S/C24H21N5O4/c30-22-2-1-9-28(22)18-6-3-15(4-7-18)16-5-8-21(25-11-16)27-17-10-20-23(26-12-17)32-13-19-14-33-24(31)29(19)20/h3-8,10-12,19H,1-2,9,13-14H2,(H,25,27)/t19-/m1/s1. The van der Waals surface area contributed by atoms with Crippen molar-refractivity contribution < 1.29 is 19.1 Å². The van der Waals surface area contributed by atoms with E-state index in [4.69, 9.17) is 9.47 Å². The first-order valence-electron chi connectivity index (χ1n) is 10.9. The van der Waals surface area contributed by atoms with Gasteiger partial charge in [0.2, 0.25) is 11.8 Å². The first kappa shape index (κ1) is 19.5. The van der Waals surface area contributed by atoms with Crippen molar-refractivity contribution in [3.63, 3.8) is 0 Å². The van der Waals surface area contributed by atoms with E-state index in [-0.39, 0.29) is 18.0 Å². The highest BCUT2D eigenvalue weighted by molar-refractivity contribution is 5.95. The minimum atomic E-state index is -0.383. The summed E-state index contributed by atoms with van der Waals surface area (Å²) in [6, 6.07) is 13.5. The van der Waals surface area contributed by atoms with E-state index in [1.165, 1.54) is 0 Å². The molecule has 3 aliphatic rings. The number of rotatable bonds is 4. The summed E-state index contributed by atoms with van der Waals surface area (Å²) in [6.45, 7) is 1.47. The Bertz CT molecular complexity index is 1230. The predicted octanol–water partition coefficient (Wildman–Crippen LogP) is 3.73. The van der Waals surface area contributed by atoms with Crippen LogP contribution in [-0.4, -0.2) is 47.8 Å². The summed E-state index contributed by atoms with van der Waals surface area (Å²) in [5.74, 6) is 1.25. The van der Waals surface area contributed by atoms with Gasteiger partial charge in [0.05, 0.1) is 11.9 Å². The van der Waals surface area contributed by atoms with E-state index >= 15 is 0 Å². The molecule has 2 aromatic heterocycles. The summed E-state index contributed by atoms with van der Waals surface area (Å²) in [4.78, 5) is 36.3. The van der Waals surface area contributed by atoms with Crippen molar-refractivity contribution in [2.75, 3.05) is 34.9 Å². The van der Waals surface area contributed by atoms with Crippen molar-refractivity contribution >= 4 is 34.9 Å². The molecular formula is C24H21N5O4. The Hall–Kier alpha value is -4.14. The quantitative estimate of drug-likeness (QED) is 0.656. The molecule has 0 bridgehead atoms. The fraction of sp³-hybridized carbons (Fsp3) is 0.250. The molecule has 2 amide bonds. The van der Waals surface area contributed by atoms with Crippen molar-refractivity contribution in [1.29, 1.82) is 0 Å². The number of cyclic esters (lactones) is 1. The van der Waals surface area contributed by atoms with Crippen LogP contribution in [0.15, 0.2) is 54.9 Å². The molecule has 9 nitrogen and oxygen atoms in total. The fourth-order valence-electron chi connectivity index (χ4n) is 4.39. The second-order valence-electron chi connectivity index (χ2n) is 8.21. The fourth-order valence-corrected chi connectivity index (χ4v) is 4.39. The Labute approximate surface area is 190 Å². The molecule has 0 spiro atoms. The molecule has 2 fully saturated rings. The highest BCUT2D eigenvalue weighted by atomic mass is 16.6. The summed E-state index contributed by atoms with van der Waals surface area (Å²) >= 11 is 0. The average molecular weight is 443 g/mol. The van der Waals surface area contributed by atoms with Crippen LogP contribution in [-0.2, 0) is 9.53 Å². The molecule has 1 aromatic carbocycles. The predicted molar refractivity (Wildman–Crippen MR) is 122 cm³/mol. The van der Waals surface area contributed by atoms with Crippen molar-refractivity contribution in [3.8, 4) is 17.0 Å². The van der Waals surface area contributed by atoms with E-state index in [1.807, 2.05) is 47.4 Å². The lowest BCUT2D eigenvalue weighted by molar-refractivity contribution is -0.117. The lowest BCUT2D eigenvalue weighted by Gasteiger charge is -2.28. The number of carbonyl (C=O) groups is 2. The number of fused-ring (bicyclic) bond motifs is 3. The number of hydrogen-bond acceptors (Lipinski definition) is 7. The number of anilines is 4. The van der Waals surface area contributed by atoms with Gasteiger partial charge in [0.1, 0.15) is 30.8 Å². The van der Waals surface area contributed by atoms with E-state index in [9.17, 15) is 9.59 Å². The molecule has 6 rings (SSSR count). The number of aromatic nitrogens is 2. The molecule has 0 unspecified atom stereocenters. The van der Waals surface area contributed by atoms with E-state index in [0.717, 1.165) is 29.8 Å². The van der Waals surface area contributed by atoms with E-state index in [1.54, 1.807) is 17.3 Å². The van der Waals surface area contributed by atoms with Gasteiger partial charge in [0, 0.05) is 30.4 Å². The van der Waals surface area contributed by atoms with Gasteiger partial charge in [0.25, 0.3) is 0 Å². The Morgan fingerprint density at radius 2 is 1.76 bits per heavy atom. The molecule has 2 saturated heterocycles. The van der Waals surface area contributed by atoms with Crippen LogP contribution in [0.4, 0.5) is 27.7 Å². The summed E-state index contributed by atoms with van der Waals surface area (Å²) in [5.41, 5.74) is 4.21. The van der Waals surface area contributed by atoms with Gasteiger partial charge in [0.15, 0.2) is 0 Å². The van der Waals surface area contributed by atoms with E-state index in [0.29, 0.717) is 42.7 Å². The number of hydrogen-bond donors (Lipinski definition) is 1. The molecule has 33 heavy (non-hydrogen) atoms. The number of amides is 2. The first-order chi connectivity index (χ1) is 16.2. The Morgan fingerprint density at radius 1 is 0.939 bits per heavy atom. The lowest BCUT2D eigenvalue weighted by atomic mass is 10.1. The second kappa shape index (κ2) is 7.77. The third-order valence-electron chi connectivity index (χ3n) is 6.09. The van der Waals surface area contributed by atoms with Gasteiger partial charge in [-0.2, -0.15) is 0 Å². The topological polar surface area (TPSA) is 96.9 Å². The van der Waals surface area contributed by atoms with Crippen molar-refractivity contribution in [3.05, 3.63) is 54.9 Å². The van der Waals surface area contributed by atoms with Gasteiger partial charge < -0.3 is 19.7 Å². The Balaban J connectivity index is 1.18. The van der Waals surface area contributed by atoms with Crippen molar-refractivity contribution in [1.82, 2.24) is 9.97 Å². The third-order valence-corrected chi connectivity index (χ3v) is 6.09. The second-order valence-corrected chi connectivity index (χ2v) is 8.21. The molecule has 0 aliphatic carbocycles. The third kappa shape index (κ3) is 3.51. The summed E-state index contributed by atoms with van der Waals surface area (Å²) in [5, 5.41) is 3.23. The van der Waals surface area contributed by atoms with Crippen molar-refractivity contribution in [2.45, 2.75) is 18.9 Å². The normalized spacial score (nSPS) is 19.1. The maximum atomic E-state index is 12.1. The minimum Gasteiger partial charge on any atom is -0.474 e. The van der Waals surface area contributed by atoms with Crippen LogP contribution in [0.3, 0.4) is 0 Å². The van der Waals surface area contributed by atoms with Crippen LogP contribution >= 0.6 is 0 Å². The van der Waals surface area contributed by atoms with Crippen LogP contribution in [0.25, 0.3) is 11.1 Å². The smallest absolute Gasteiger partial charge is 0.415 e.